The second kappa shape index (κ2) is 5.47. The largest absolute Gasteiger partial charge is 0.396 e. The molecule has 1 atom stereocenters. The van der Waals surface area contributed by atoms with E-state index in [1.807, 2.05) is 0 Å². The summed E-state index contributed by atoms with van der Waals surface area (Å²) in [6.07, 6.45) is 1.90. The Morgan fingerprint density at radius 2 is 2.41 bits per heavy atom. The number of nitrogens with zero attached hydrogens (tertiary/aromatic N) is 2. The molecule has 0 spiro atoms. The summed E-state index contributed by atoms with van der Waals surface area (Å²) in [5.74, 6) is 0.0811. The van der Waals surface area contributed by atoms with E-state index in [-0.39, 0.29) is 18.4 Å². The Morgan fingerprint density at radius 3 is 3.12 bits per heavy atom. The number of carbonyl (C=O) groups is 1. The first-order chi connectivity index (χ1) is 8.20. The van der Waals surface area contributed by atoms with E-state index in [2.05, 4.69) is 4.98 Å². The number of piperidine rings is 1. The zero-order chi connectivity index (χ0) is 12.3. The highest BCUT2D eigenvalue weighted by atomic mass is 35.5. The minimum Gasteiger partial charge on any atom is -0.396 e. The van der Waals surface area contributed by atoms with E-state index >= 15 is 0 Å². The third-order valence-electron chi connectivity index (χ3n) is 3.00. The Morgan fingerprint density at radius 1 is 1.59 bits per heavy atom. The van der Waals surface area contributed by atoms with E-state index in [4.69, 9.17) is 16.7 Å². The minimum atomic E-state index is -0.106. The summed E-state index contributed by atoms with van der Waals surface area (Å²) in [5, 5.41) is 9.46. The van der Waals surface area contributed by atoms with Gasteiger partial charge in [-0.1, -0.05) is 17.7 Å². The van der Waals surface area contributed by atoms with Gasteiger partial charge in [0.25, 0.3) is 5.91 Å². The summed E-state index contributed by atoms with van der Waals surface area (Å²) in [4.78, 5) is 17.9. The summed E-state index contributed by atoms with van der Waals surface area (Å²) in [5.41, 5.74) is 0.371. The molecule has 1 aromatic rings. The van der Waals surface area contributed by atoms with Crippen molar-refractivity contribution in [1.82, 2.24) is 9.88 Å². The van der Waals surface area contributed by atoms with Crippen molar-refractivity contribution < 1.29 is 9.90 Å². The van der Waals surface area contributed by atoms with Gasteiger partial charge in [-0.3, -0.25) is 4.79 Å². The Kier molecular flexibility index (Phi) is 3.97. The van der Waals surface area contributed by atoms with Crippen LogP contribution >= 0.6 is 11.6 Å². The zero-order valence-corrected chi connectivity index (χ0v) is 10.2. The molecule has 1 unspecified atom stereocenters. The van der Waals surface area contributed by atoms with Gasteiger partial charge in [0.05, 0.1) is 0 Å². The van der Waals surface area contributed by atoms with Gasteiger partial charge in [-0.15, -0.1) is 0 Å². The molecule has 5 heteroatoms. The van der Waals surface area contributed by atoms with Crippen molar-refractivity contribution in [3.63, 3.8) is 0 Å². The molecule has 1 N–H and O–H groups in total. The number of halogens is 1. The number of aliphatic hydroxyl groups excluding tert-OH is 1. The molecule has 4 nitrogen and oxygen atoms in total. The molecule has 1 saturated heterocycles. The highest BCUT2D eigenvalue weighted by Gasteiger charge is 2.24. The van der Waals surface area contributed by atoms with Crippen LogP contribution in [0, 0.1) is 5.92 Å². The standard InChI is InChI=1S/C12H15ClN2O2/c13-11-5-1-4-10(14-11)12(17)15-6-2-3-9(7-15)8-16/h1,4-5,9,16H,2-3,6-8H2. The number of aliphatic hydroxyl groups is 1. The summed E-state index contributed by atoms with van der Waals surface area (Å²) in [6.45, 7) is 1.46. The molecular formula is C12H15ClN2O2. The molecule has 92 valence electrons. The molecule has 2 rings (SSSR count). The van der Waals surface area contributed by atoms with E-state index in [1.54, 1.807) is 23.1 Å². The smallest absolute Gasteiger partial charge is 0.272 e. The van der Waals surface area contributed by atoms with E-state index in [1.165, 1.54) is 0 Å². The summed E-state index contributed by atoms with van der Waals surface area (Å²) < 4.78 is 0. The van der Waals surface area contributed by atoms with Crippen molar-refractivity contribution in [2.45, 2.75) is 12.8 Å². The van der Waals surface area contributed by atoms with Crippen LogP contribution in [0.4, 0.5) is 0 Å². The fraction of sp³-hybridized carbons (Fsp3) is 0.500. The van der Waals surface area contributed by atoms with Crippen LogP contribution in [0.3, 0.4) is 0 Å². The number of hydrogen-bond acceptors (Lipinski definition) is 3. The van der Waals surface area contributed by atoms with E-state index in [0.717, 1.165) is 19.4 Å². The Balaban J connectivity index is 2.09. The molecule has 0 saturated carbocycles. The average Bonchev–Trinajstić information content (AvgIpc) is 2.38. The van der Waals surface area contributed by atoms with Crippen LogP contribution in [0.15, 0.2) is 18.2 Å². The number of amides is 1. The quantitative estimate of drug-likeness (QED) is 0.816. The van der Waals surface area contributed by atoms with Crippen LogP contribution in [0.2, 0.25) is 5.15 Å². The lowest BCUT2D eigenvalue weighted by Crippen LogP contribution is -2.41. The van der Waals surface area contributed by atoms with Crippen molar-refractivity contribution in [2.75, 3.05) is 19.7 Å². The summed E-state index contributed by atoms with van der Waals surface area (Å²) >= 11 is 5.76. The molecule has 0 aliphatic carbocycles. The van der Waals surface area contributed by atoms with Crippen LogP contribution in [0.5, 0.6) is 0 Å². The molecule has 0 bridgehead atoms. The molecule has 2 heterocycles. The van der Waals surface area contributed by atoms with Crippen LogP contribution < -0.4 is 0 Å². The van der Waals surface area contributed by atoms with Gasteiger partial charge in [-0.2, -0.15) is 0 Å². The minimum absolute atomic E-state index is 0.106. The second-order valence-corrected chi connectivity index (χ2v) is 4.67. The van der Waals surface area contributed by atoms with Crippen molar-refractivity contribution in [3.05, 3.63) is 29.0 Å². The molecular weight excluding hydrogens is 240 g/mol. The van der Waals surface area contributed by atoms with Crippen LogP contribution in [-0.2, 0) is 0 Å². The molecule has 1 aliphatic rings. The lowest BCUT2D eigenvalue weighted by molar-refractivity contribution is 0.0615. The Bertz CT molecular complexity index is 411. The first-order valence-corrected chi connectivity index (χ1v) is 6.11. The van der Waals surface area contributed by atoms with Gasteiger partial charge in [-0.25, -0.2) is 4.98 Å². The summed E-state index contributed by atoms with van der Waals surface area (Å²) in [7, 11) is 0. The third-order valence-corrected chi connectivity index (χ3v) is 3.21. The lowest BCUT2D eigenvalue weighted by atomic mass is 9.99. The van der Waals surface area contributed by atoms with Crippen molar-refractivity contribution in [3.8, 4) is 0 Å². The van der Waals surface area contributed by atoms with Gasteiger partial charge in [0.15, 0.2) is 0 Å². The molecule has 0 aromatic carbocycles. The number of pyridine rings is 1. The van der Waals surface area contributed by atoms with Gasteiger partial charge in [0.2, 0.25) is 0 Å². The van der Waals surface area contributed by atoms with Crippen LogP contribution in [-0.4, -0.2) is 40.6 Å². The van der Waals surface area contributed by atoms with E-state index in [0.29, 0.717) is 17.4 Å². The highest BCUT2D eigenvalue weighted by Crippen LogP contribution is 2.18. The number of carbonyl (C=O) groups excluding carboxylic acids is 1. The normalized spacial score (nSPS) is 20.4. The van der Waals surface area contributed by atoms with Crippen LogP contribution in [0.25, 0.3) is 0 Å². The Labute approximate surface area is 105 Å². The van der Waals surface area contributed by atoms with E-state index in [9.17, 15) is 4.79 Å². The number of hydrogen-bond donors (Lipinski definition) is 1. The maximum Gasteiger partial charge on any atom is 0.272 e. The number of likely N-dealkylation sites (tertiary alicyclic amines) is 1. The summed E-state index contributed by atoms with van der Waals surface area (Å²) in [6, 6.07) is 5.03. The molecule has 1 amide bonds. The zero-order valence-electron chi connectivity index (χ0n) is 9.47. The van der Waals surface area contributed by atoms with E-state index < -0.39 is 0 Å². The van der Waals surface area contributed by atoms with Gasteiger partial charge < -0.3 is 10.0 Å². The molecule has 1 fully saturated rings. The maximum absolute atomic E-state index is 12.1. The third kappa shape index (κ3) is 2.96. The first-order valence-electron chi connectivity index (χ1n) is 5.73. The Hall–Kier alpha value is -1.13. The topological polar surface area (TPSA) is 53.4 Å². The number of rotatable bonds is 2. The monoisotopic (exact) mass is 254 g/mol. The predicted molar refractivity (Wildman–Crippen MR) is 65.0 cm³/mol. The maximum atomic E-state index is 12.1. The predicted octanol–water partition coefficient (Wildman–Crippen LogP) is 1.58. The fourth-order valence-electron chi connectivity index (χ4n) is 2.09. The molecule has 1 aromatic heterocycles. The van der Waals surface area contributed by atoms with Gasteiger partial charge in [0, 0.05) is 19.7 Å². The fourth-order valence-corrected chi connectivity index (χ4v) is 2.25. The van der Waals surface area contributed by atoms with Crippen molar-refractivity contribution in [2.24, 2.45) is 5.92 Å². The highest BCUT2D eigenvalue weighted by molar-refractivity contribution is 6.29. The van der Waals surface area contributed by atoms with Crippen molar-refractivity contribution >= 4 is 17.5 Å². The molecule has 17 heavy (non-hydrogen) atoms. The SMILES string of the molecule is O=C(c1cccc(Cl)n1)N1CCCC(CO)C1. The first kappa shape index (κ1) is 12.3. The lowest BCUT2D eigenvalue weighted by Gasteiger charge is -2.31. The van der Waals surface area contributed by atoms with Gasteiger partial charge in [0.1, 0.15) is 10.8 Å². The molecule has 0 radical (unpaired) electrons. The number of aromatic nitrogens is 1. The van der Waals surface area contributed by atoms with Crippen LogP contribution in [0.1, 0.15) is 23.3 Å². The molecule has 1 aliphatic heterocycles. The second-order valence-electron chi connectivity index (χ2n) is 4.29. The van der Waals surface area contributed by atoms with Gasteiger partial charge in [-0.05, 0) is 30.9 Å². The van der Waals surface area contributed by atoms with Gasteiger partial charge >= 0.3 is 0 Å². The van der Waals surface area contributed by atoms with Crippen molar-refractivity contribution in [1.29, 1.82) is 0 Å². The average molecular weight is 255 g/mol.